The summed E-state index contributed by atoms with van der Waals surface area (Å²) in [6.45, 7) is 8.38. The van der Waals surface area contributed by atoms with Gasteiger partial charge in [0.2, 0.25) is 29.5 Å². The topological polar surface area (TPSA) is 367 Å². The largest absolute Gasteiger partial charge is 0.458 e. The van der Waals surface area contributed by atoms with Crippen molar-refractivity contribution in [1.29, 1.82) is 0 Å². The molecule has 5 atom stereocenters. The van der Waals surface area contributed by atoms with Crippen LogP contribution in [0.25, 0.3) is 22.3 Å². The summed E-state index contributed by atoms with van der Waals surface area (Å²) in [6, 6.07) is 5.65. The first-order chi connectivity index (χ1) is 45.3. The summed E-state index contributed by atoms with van der Waals surface area (Å²) >= 11 is 0. The van der Waals surface area contributed by atoms with E-state index in [1.807, 2.05) is 0 Å². The molecule has 4 heterocycles. The van der Waals surface area contributed by atoms with Crippen LogP contribution in [0.15, 0.2) is 41.2 Å². The number of nitrogens with zero attached hydrogens (tertiary/aromatic N) is 2. The van der Waals surface area contributed by atoms with Crippen LogP contribution in [0.1, 0.15) is 130 Å². The molecule has 0 saturated heterocycles. The quantitative estimate of drug-likeness (QED) is 0.0162. The number of rotatable bonds is 34. The molecule has 0 fully saturated rings. The Kier molecular flexibility index (Phi) is 26.2. The van der Waals surface area contributed by atoms with E-state index in [2.05, 4.69) is 49.1 Å². The lowest BCUT2D eigenvalue weighted by molar-refractivity contribution is -0.172. The number of aromatic nitrogens is 2. The van der Waals surface area contributed by atoms with E-state index in [-0.39, 0.29) is 107 Å². The number of ether oxygens (including phenoxy) is 7. The number of benzene rings is 2. The highest BCUT2D eigenvalue weighted by Gasteiger charge is 2.46. The van der Waals surface area contributed by atoms with E-state index in [9.17, 15) is 48.3 Å². The minimum absolute atomic E-state index is 0.0381. The maximum Gasteiger partial charge on any atom is 0.407 e. The van der Waals surface area contributed by atoms with E-state index in [0.717, 1.165) is 37.7 Å². The lowest BCUT2D eigenvalue weighted by Crippen LogP contribution is -2.54. The Morgan fingerprint density at radius 3 is 2.28 bits per heavy atom. The van der Waals surface area contributed by atoms with Gasteiger partial charge in [0.15, 0.2) is 5.60 Å². The van der Waals surface area contributed by atoms with Gasteiger partial charge in [0.1, 0.15) is 50.4 Å². The summed E-state index contributed by atoms with van der Waals surface area (Å²) in [7, 11) is 0. The number of primary amides is 1. The van der Waals surface area contributed by atoms with Gasteiger partial charge < -0.3 is 85.8 Å². The van der Waals surface area contributed by atoms with Crippen molar-refractivity contribution in [2.75, 3.05) is 84.4 Å². The second-order valence-electron chi connectivity index (χ2n) is 23.6. The fourth-order valence-electron chi connectivity index (χ4n) is 11.6. The Balaban J connectivity index is 0.736. The number of carbonyl (C=O) groups excluding carboxylic acids is 8. The van der Waals surface area contributed by atoms with Gasteiger partial charge in [0.05, 0.1) is 87.9 Å². The molecule has 508 valence electrons. The maximum absolute atomic E-state index is 15.4. The zero-order valence-electron chi connectivity index (χ0n) is 53.6. The van der Waals surface area contributed by atoms with Crippen LogP contribution in [-0.4, -0.2) is 160 Å². The smallest absolute Gasteiger partial charge is 0.407 e. The number of hydrogen-bond acceptors (Lipinski definition) is 18. The van der Waals surface area contributed by atoms with Crippen molar-refractivity contribution in [3.63, 3.8) is 0 Å². The number of aliphatic hydroxyl groups is 1. The van der Waals surface area contributed by atoms with Crippen LogP contribution >= 0.6 is 0 Å². The Hall–Kier alpha value is -8.59. The minimum atomic E-state index is -2.06. The van der Waals surface area contributed by atoms with Gasteiger partial charge in [0.25, 0.3) is 5.56 Å². The van der Waals surface area contributed by atoms with Gasteiger partial charge >= 0.3 is 18.1 Å². The standard InChI is InChI=1S/C66H85FN10O17/c1-5-66(87)47-32-52-59-45(35-77(52)62(83)46(47)37-93-63(66)84)57-49(20-19-44-40(4)48(67)33-51(74-59)56(44)57)73-54(79)34-71-65(86)94-36-41-15-17-42(18-16-41)72-60(81)50(14-11-22-70-64(68)85)75-61(82)58(39(2)3)76-53(78)21-24-88-26-28-90-30-31-91-29-27-89-25-23-69-55(80)38-92-43-12-9-7-6-8-10-13-43/h15-18,32-33,39,43,49-50,58,87H,5-9,11-12,14,19-31,34-38H2,1-4H3,(H,69,80)(H,71,86)(H,72,81)(H,73,79)(H,75,82)(H,76,78)(H3,68,70,85)/t43?,49-,50-,58-,66-/m0/s1. The molecule has 8 amide bonds. The molecule has 0 radical (unpaired) electrons. The molecule has 2 aromatic carbocycles. The van der Waals surface area contributed by atoms with E-state index in [4.69, 9.17) is 43.9 Å². The van der Waals surface area contributed by atoms with E-state index < -0.39 is 83.4 Å². The van der Waals surface area contributed by atoms with Gasteiger partial charge in [-0.2, -0.15) is 0 Å². The predicted molar refractivity (Wildman–Crippen MR) is 339 cm³/mol. The van der Waals surface area contributed by atoms with Crippen molar-refractivity contribution in [2.45, 2.75) is 148 Å². The number of halogens is 1. The summed E-state index contributed by atoms with van der Waals surface area (Å²) in [4.78, 5) is 122. The molecule has 0 bridgehead atoms. The minimum Gasteiger partial charge on any atom is -0.458 e. The Bertz CT molecular complexity index is 3540. The highest BCUT2D eigenvalue weighted by Crippen LogP contribution is 2.46. The number of aryl methyl sites for hydroxylation is 1. The number of urea groups is 1. The number of nitrogens with one attached hydrogen (secondary N) is 7. The highest BCUT2D eigenvalue weighted by molar-refractivity contribution is 5.99. The molecule has 1 unspecified atom stereocenters. The first-order valence-corrected chi connectivity index (χ1v) is 32.0. The van der Waals surface area contributed by atoms with Crippen molar-refractivity contribution in [1.82, 2.24) is 41.5 Å². The average molecular weight is 1310 g/mol. The Morgan fingerprint density at radius 2 is 1.56 bits per heavy atom. The number of carbonyl (C=O) groups is 8. The van der Waals surface area contributed by atoms with Gasteiger partial charge in [-0.05, 0) is 105 Å². The van der Waals surface area contributed by atoms with Crippen LogP contribution < -0.4 is 48.5 Å². The van der Waals surface area contributed by atoms with Crippen LogP contribution in [0.5, 0.6) is 0 Å². The normalized spacial score (nSPS) is 17.5. The summed E-state index contributed by atoms with van der Waals surface area (Å²) in [5.41, 5.74) is 7.21. The van der Waals surface area contributed by atoms with Crippen molar-refractivity contribution >= 4 is 64.2 Å². The van der Waals surface area contributed by atoms with Crippen molar-refractivity contribution in [3.8, 4) is 23.2 Å². The van der Waals surface area contributed by atoms with E-state index in [1.165, 1.54) is 10.6 Å². The summed E-state index contributed by atoms with van der Waals surface area (Å²) < 4.78 is 55.3. The van der Waals surface area contributed by atoms with E-state index in [0.29, 0.717) is 103 Å². The first-order valence-electron chi connectivity index (χ1n) is 32.0. The molecule has 0 saturated carbocycles. The fraction of sp³-hybridized carbons (Fsp3) is 0.545. The first kappa shape index (κ1) is 71.3. The molecule has 0 spiro atoms. The van der Waals surface area contributed by atoms with Crippen LogP contribution in [0.3, 0.4) is 0 Å². The monoisotopic (exact) mass is 1310 g/mol. The van der Waals surface area contributed by atoms with Gasteiger partial charge in [-0.25, -0.2) is 23.8 Å². The number of fused-ring (bicyclic) bond motifs is 5. The van der Waals surface area contributed by atoms with Crippen LogP contribution in [0, 0.1) is 30.5 Å². The molecule has 2 aliphatic heterocycles. The predicted octanol–water partition coefficient (Wildman–Crippen LogP) is 3.50. The second-order valence-corrected chi connectivity index (χ2v) is 23.6. The van der Waals surface area contributed by atoms with E-state index in [1.54, 1.807) is 58.0 Å². The zero-order valence-corrected chi connectivity index (χ0v) is 53.6. The Labute approximate surface area is 543 Å². The molecular weight excluding hydrogens is 1220 g/mol. The zero-order chi connectivity index (χ0) is 67.3. The van der Waals surface area contributed by atoms with Gasteiger partial charge in [-0.15, -0.1) is 5.92 Å². The van der Waals surface area contributed by atoms with Gasteiger partial charge in [0, 0.05) is 54.2 Å². The molecule has 94 heavy (non-hydrogen) atoms. The number of hydrogen-bond donors (Lipinski definition) is 9. The Morgan fingerprint density at radius 1 is 0.840 bits per heavy atom. The number of amides is 8. The number of nitrogens with two attached hydrogens (primary N) is 1. The maximum atomic E-state index is 15.4. The molecule has 28 heteroatoms. The molecule has 4 aromatic rings. The molecule has 27 nitrogen and oxygen atoms in total. The van der Waals surface area contributed by atoms with Crippen LogP contribution in [0.2, 0.25) is 0 Å². The average Bonchev–Trinajstić information content (AvgIpc) is 1.47. The van der Waals surface area contributed by atoms with Crippen LogP contribution in [0.4, 0.5) is 19.7 Å². The molecule has 2 aromatic heterocycles. The number of alkyl carbamates (subject to hydrolysis) is 1. The molecular formula is C66H85FN10O17. The third kappa shape index (κ3) is 19.1. The lowest BCUT2D eigenvalue weighted by Gasteiger charge is -2.31. The van der Waals surface area contributed by atoms with Crippen LogP contribution in [-0.2, 0) is 93.7 Å². The van der Waals surface area contributed by atoms with Crippen molar-refractivity contribution < 1.29 is 81.0 Å². The lowest BCUT2D eigenvalue weighted by atomic mass is 9.81. The molecule has 10 N–H and O–H groups in total. The molecule has 4 aliphatic rings. The van der Waals surface area contributed by atoms with Gasteiger partial charge in [-0.3, -0.25) is 28.8 Å². The SMILES string of the molecule is CC[C@@]1(O)C(=O)OCc2c1cc1n(c2=O)Cc2c-1nc1cc(F)c(C)c3c1c2[C@@H](NC(=O)CNC(=O)OCc1ccc(NC(=O)[C@H](CCCNC(N)=O)NC(=O)[C@@H](NC(=O)CCOCCOCCOCCOCCNC(=O)COC2C#CCCCCC2)C(C)C)cc1)CC3. The highest BCUT2D eigenvalue weighted by atomic mass is 19.1. The molecule has 8 rings (SSSR count). The summed E-state index contributed by atoms with van der Waals surface area (Å²) in [5, 5.41) is 31.0. The third-order valence-electron chi connectivity index (χ3n) is 16.7. The number of pyridine rings is 2. The van der Waals surface area contributed by atoms with Gasteiger partial charge in [-0.1, -0.05) is 45.2 Å². The second kappa shape index (κ2) is 34.5. The fourth-order valence-corrected chi connectivity index (χ4v) is 11.6. The number of anilines is 1. The summed E-state index contributed by atoms with van der Waals surface area (Å²) in [5.74, 6) is 2.02. The molecule has 2 aliphatic carbocycles. The van der Waals surface area contributed by atoms with Crippen molar-refractivity contribution in [2.24, 2.45) is 11.7 Å². The third-order valence-corrected chi connectivity index (χ3v) is 16.7. The summed E-state index contributed by atoms with van der Waals surface area (Å²) in [6.07, 6.45) is 4.83. The number of esters is 1. The van der Waals surface area contributed by atoms with E-state index >= 15 is 4.39 Å². The van der Waals surface area contributed by atoms with Crippen molar-refractivity contribution in [3.05, 3.63) is 91.5 Å². The number of cyclic esters (lactones) is 1.